The van der Waals surface area contributed by atoms with Crippen molar-refractivity contribution in [1.82, 2.24) is 4.90 Å². The van der Waals surface area contributed by atoms with Crippen LogP contribution in [0.1, 0.15) is 25.7 Å². The van der Waals surface area contributed by atoms with E-state index in [0.29, 0.717) is 12.8 Å². The quantitative estimate of drug-likeness (QED) is 0.576. The first kappa shape index (κ1) is 14.3. The van der Waals surface area contributed by atoms with Gasteiger partial charge in [0, 0.05) is 12.1 Å². The number of rotatable bonds is 4. The number of carbonyl (C=O) groups is 1. The van der Waals surface area contributed by atoms with Gasteiger partial charge in [0.05, 0.1) is 12.4 Å². The number of hydrogen-bond donors (Lipinski definition) is 0. The number of nitrogens with zero attached hydrogens (tertiary/aromatic N) is 1. The minimum atomic E-state index is -3.44. The van der Waals surface area contributed by atoms with E-state index in [1.54, 1.807) is 4.90 Å². The lowest BCUT2D eigenvalue weighted by atomic mass is 10.0. The maximum atomic E-state index is 11.9. The van der Waals surface area contributed by atoms with E-state index in [1.165, 1.54) is 6.08 Å². The van der Waals surface area contributed by atoms with Gasteiger partial charge < -0.3 is 9.64 Å². The van der Waals surface area contributed by atoms with Crippen molar-refractivity contribution in [2.45, 2.75) is 43.9 Å². The number of ether oxygens (including phenoxy) is 1. The molecule has 2 rings (SSSR count). The molecule has 7 heteroatoms. The van der Waals surface area contributed by atoms with E-state index in [2.05, 4.69) is 6.58 Å². The van der Waals surface area contributed by atoms with Crippen LogP contribution < -0.4 is 0 Å². The van der Waals surface area contributed by atoms with Gasteiger partial charge in [0.25, 0.3) is 10.1 Å². The Morgan fingerprint density at radius 1 is 1.37 bits per heavy atom. The van der Waals surface area contributed by atoms with E-state index in [4.69, 9.17) is 8.92 Å². The van der Waals surface area contributed by atoms with Crippen LogP contribution in [0.25, 0.3) is 0 Å². The van der Waals surface area contributed by atoms with Crippen LogP contribution in [0.5, 0.6) is 0 Å². The molecule has 0 spiro atoms. The fourth-order valence-electron chi connectivity index (χ4n) is 2.96. The second-order valence-electron chi connectivity index (χ2n) is 5.05. The summed E-state index contributed by atoms with van der Waals surface area (Å²) < 4.78 is 32.4. The van der Waals surface area contributed by atoms with Gasteiger partial charge in [-0.05, 0) is 25.7 Å². The van der Waals surface area contributed by atoms with Crippen LogP contribution in [0.15, 0.2) is 12.7 Å². The van der Waals surface area contributed by atoms with Crippen molar-refractivity contribution < 1.29 is 22.1 Å². The molecule has 0 aromatic carbocycles. The van der Waals surface area contributed by atoms with E-state index >= 15 is 0 Å². The molecule has 19 heavy (non-hydrogen) atoms. The van der Waals surface area contributed by atoms with E-state index in [9.17, 15) is 13.2 Å². The van der Waals surface area contributed by atoms with Gasteiger partial charge in [-0.2, -0.15) is 8.42 Å². The summed E-state index contributed by atoms with van der Waals surface area (Å²) in [5.74, 6) is 0. The maximum absolute atomic E-state index is 11.9. The zero-order chi connectivity index (χ0) is 14.0. The Hall–Kier alpha value is -1.08. The first-order valence-corrected chi connectivity index (χ1v) is 8.16. The van der Waals surface area contributed by atoms with Gasteiger partial charge in [-0.1, -0.05) is 12.7 Å². The topological polar surface area (TPSA) is 72.9 Å². The molecule has 6 nitrogen and oxygen atoms in total. The third kappa shape index (κ3) is 3.48. The molecule has 2 atom stereocenters. The lowest BCUT2D eigenvalue weighted by Crippen LogP contribution is -2.49. The largest absolute Gasteiger partial charge is 0.445 e. The van der Waals surface area contributed by atoms with Crippen molar-refractivity contribution in [1.29, 1.82) is 0 Å². The summed E-state index contributed by atoms with van der Waals surface area (Å²) in [5.41, 5.74) is 0. The lowest BCUT2D eigenvalue weighted by molar-refractivity contribution is 0.0400. The Morgan fingerprint density at radius 2 is 1.95 bits per heavy atom. The minimum absolute atomic E-state index is 0.0165. The van der Waals surface area contributed by atoms with Gasteiger partial charge in [-0.3, -0.25) is 4.18 Å². The number of amides is 1. The molecule has 1 amide bonds. The van der Waals surface area contributed by atoms with E-state index < -0.39 is 10.1 Å². The van der Waals surface area contributed by atoms with Crippen molar-refractivity contribution in [2.75, 3.05) is 12.9 Å². The van der Waals surface area contributed by atoms with Crippen molar-refractivity contribution in [2.24, 2.45) is 0 Å². The number of carbonyl (C=O) groups excluding carboxylic acids is 1. The molecule has 108 valence electrons. The van der Waals surface area contributed by atoms with E-state index in [-0.39, 0.29) is 30.9 Å². The summed E-state index contributed by atoms with van der Waals surface area (Å²) >= 11 is 0. The number of piperidine rings is 1. The molecular weight excluding hydrogens is 270 g/mol. The summed E-state index contributed by atoms with van der Waals surface area (Å²) in [6, 6.07) is 0.0330. The summed E-state index contributed by atoms with van der Waals surface area (Å²) in [5, 5.41) is 0. The molecule has 2 aliphatic rings. The second-order valence-corrected chi connectivity index (χ2v) is 6.65. The second kappa shape index (κ2) is 5.50. The van der Waals surface area contributed by atoms with Crippen molar-refractivity contribution in [3.8, 4) is 0 Å². The molecule has 2 aliphatic heterocycles. The first-order valence-electron chi connectivity index (χ1n) is 6.35. The lowest BCUT2D eigenvalue weighted by Gasteiger charge is -2.37. The minimum Gasteiger partial charge on any atom is -0.445 e. The standard InChI is InChI=1S/C12H19NO5S/c1-3-6-17-12(14)13-9-4-5-10(13)8-11(7-9)18-19(2,15)16/h3,9-11H,1,4-8H2,2H3. The Kier molecular flexibility index (Phi) is 4.15. The Bertz CT molecular complexity index is 447. The highest BCUT2D eigenvalue weighted by Gasteiger charge is 2.45. The molecule has 0 aromatic heterocycles. The molecule has 2 heterocycles. The van der Waals surface area contributed by atoms with Crippen LogP contribution >= 0.6 is 0 Å². The Balaban J connectivity index is 1.98. The smallest absolute Gasteiger partial charge is 0.410 e. The highest BCUT2D eigenvalue weighted by Crippen LogP contribution is 2.37. The zero-order valence-corrected chi connectivity index (χ0v) is 11.8. The summed E-state index contributed by atoms with van der Waals surface area (Å²) in [6.07, 6.45) is 4.76. The molecule has 0 saturated carbocycles. The molecule has 0 radical (unpaired) electrons. The third-order valence-corrected chi connectivity index (χ3v) is 4.16. The maximum Gasteiger partial charge on any atom is 0.410 e. The Morgan fingerprint density at radius 3 is 2.42 bits per heavy atom. The molecule has 0 N–H and O–H groups in total. The van der Waals surface area contributed by atoms with Crippen LogP contribution in [-0.4, -0.2) is 50.5 Å². The molecule has 2 bridgehead atoms. The molecule has 0 aliphatic carbocycles. The normalized spacial score (nSPS) is 30.2. The highest BCUT2D eigenvalue weighted by atomic mass is 32.2. The summed E-state index contributed by atoms with van der Waals surface area (Å²) in [7, 11) is -3.44. The average molecular weight is 289 g/mol. The predicted octanol–water partition coefficient (Wildman–Crippen LogP) is 1.28. The monoisotopic (exact) mass is 289 g/mol. The van der Waals surface area contributed by atoms with Crippen LogP contribution in [0.2, 0.25) is 0 Å². The van der Waals surface area contributed by atoms with Crippen LogP contribution in [0.3, 0.4) is 0 Å². The van der Waals surface area contributed by atoms with Crippen molar-refractivity contribution in [3.05, 3.63) is 12.7 Å². The molecular formula is C12H19NO5S. The third-order valence-electron chi connectivity index (χ3n) is 3.54. The molecule has 2 fully saturated rings. The summed E-state index contributed by atoms with van der Waals surface area (Å²) in [4.78, 5) is 13.6. The van der Waals surface area contributed by atoms with Gasteiger partial charge in [-0.25, -0.2) is 4.79 Å². The fraction of sp³-hybridized carbons (Fsp3) is 0.750. The number of hydrogen-bond acceptors (Lipinski definition) is 5. The van der Waals surface area contributed by atoms with Crippen LogP contribution in [0, 0.1) is 0 Å². The molecule has 2 unspecified atom stereocenters. The van der Waals surface area contributed by atoms with Gasteiger partial charge in [0.1, 0.15) is 6.61 Å². The molecule has 2 saturated heterocycles. The van der Waals surface area contributed by atoms with E-state index in [1.807, 2.05) is 0 Å². The van der Waals surface area contributed by atoms with Gasteiger partial charge in [0.15, 0.2) is 0 Å². The van der Waals surface area contributed by atoms with E-state index in [0.717, 1.165) is 19.1 Å². The summed E-state index contributed by atoms with van der Waals surface area (Å²) in [6.45, 7) is 3.69. The van der Waals surface area contributed by atoms with Crippen LogP contribution in [0.4, 0.5) is 4.79 Å². The average Bonchev–Trinajstić information content (AvgIpc) is 2.56. The van der Waals surface area contributed by atoms with Crippen molar-refractivity contribution >= 4 is 16.2 Å². The predicted molar refractivity (Wildman–Crippen MR) is 69.1 cm³/mol. The highest BCUT2D eigenvalue weighted by molar-refractivity contribution is 7.86. The Labute approximate surface area is 113 Å². The van der Waals surface area contributed by atoms with Gasteiger partial charge in [0.2, 0.25) is 0 Å². The SMILES string of the molecule is C=CCOC(=O)N1C2CCC1CC(OS(C)(=O)=O)C2. The molecule has 0 aromatic rings. The van der Waals surface area contributed by atoms with Crippen LogP contribution in [-0.2, 0) is 19.0 Å². The first-order chi connectivity index (χ1) is 8.90. The number of fused-ring (bicyclic) bond motifs is 2. The fourth-order valence-corrected chi connectivity index (χ4v) is 3.61. The van der Waals surface area contributed by atoms with Crippen molar-refractivity contribution in [3.63, 3.8) is 0 Å². The van der Waals surface area contributed by atoms with Gasteiger partial charge in [-0.15, -0.1) is 0 Å². The van der Waals surface area contributed by atoms with Gasteiger partial charge >= 0.3 is 6.09 Å². The zero-order valence-electron chi connectivity index (χ0n) is 10.9.